The molecule has 8 heteroatoms. The van der Waals surface area contributed by atoms with Crippen molar-refractivity contribution in [2.24, 2.45) is 5.92 Å². The monoisotopic (exact) mass is 405 g/mol. The van der Waals surface area contributed by atoms with Crippen molar-refractivity contribution in [3.05, 3.63) is 35.9 Å². The van der Waals surface area contributed by atoms with Crippen LogP contribution in [-0.4, -0.2) is 75.7 Å². The van der Waals surface area contributed by atoms with E-state index < -0.39 is 6.04 Å². The summed E-state index contributed by atoms with van der Waals surface area (Å²) in [5.41, 5.74) is 0.511. The minimum Gasteiger partial charge on any atom is -0.385 e. The molecular formula is C21H31N3O5. The van der Waals surface area contributed by atoms with E-state index in [1.807, 2.05) is 6.07 Å². The Kier molecular flexibility index (Phi) is 9.59. The van der Waals surface area contributed by atoms with E-state index in [2.05, 4.69) is 10.6 Å². The molecule has 2 rings (SSSR count). The van der Waals surface area contributed by atoms with Crippen LogP contribution < -0.4 is 10.6 Å². The van der Waals surface area contributed by atoms with Gasteiger partial charge in [-0.2, -0.15) is 0 Å². The predicted octanol–water partition coefficient (Wildman–Crippen LogP) is 0.823. The van der Waals surface area contributed by atoms with Gasteiger partial charge in [-0.05, 0) is 37.3 Å². The second-order valence-electron chi connectivity index (χ2n) is 7.11. The molecule has 0 aliphatic carbocycles. The molecule has 2 N–H and O–H groups in total. The number of carbonyl (C=O) groups is 3. The summed E-state index contributed by atoms with van der Waals surface area (Å²) in [6.45, 7) is 2.18. The van der Waals surface area contributed by atoms with Crippen molar-refractivity contribution >= 4 is 17.7 Å². The third-order valence-electron chi connectivity index (χ3n) is 5.06. The topological polar surface area (TPSA) is 97.0 Å². The third kappa shape index (κ3) is 7.14. The minimum atomic E-state index is -0.648. The second kappa shape index (κ2) is 12.2. The fourth-order valence-electron chi connectivity index (χ4n) is 3.45. The van der Waals surface area contributed by atoms with Crippen LogP contribution in [0.15, 0.2) is 30.3 Å². The molecule has 1 atom stereocenters. The second-order valence-corrected chi connectivity index (χ2v) is 7.11. The van der Waals surface area contributed by atoms with Gasteiger partial charge in [0.2, 0.25) is 11.8 Å². The van der Waals surface area contributed by atoms with Gasteiger partial charge in [0.15, 0.2) is 0 Å². The fraction of sp³-hybridized carbons (Fsp3) is 0.571. The van der Waals surface area contributed by atoms with Gasteiger partial charge in [0, 0.05) is 46.0 Å². The van der Waals surface area contributed by atoms with Gasteiger partial charge in [0.25, 0.3) is 5.91 Å². The van der Waals surface area contributed by atoms with Crippen LogP contribution in [0.25, 0.3) is 0 Å². The first-order chi connectivity index (χ1) is 14.1. The number of nitrogens with one attached hydrogen (secondary N) is 2. The molecular weight excluding hydrogens is 374 g/mol. The number of piperidine rings is 1. The number of rotatable bonds is 10. The number of carbonyl (C=O) groups excluding carboxylic acids is 3. The Bertz CT molecular complexity index is 660. The number of hydrogen-bond acceptors (Lipinski definition) is 5. The van der Waals surface area contributed by atoms with E-state index >= 15 is 0 Å². The van der Waals surface area contributed by atoms with Gasteiger partial charge >= 0.3 is 0 Å². The Morgan fingerprint density at radius 1 is 1.10 bits per heavy atom. The van der Waals surface area contributed by atoms with Crippen molar-refractivity contribution in [2.45, 2.75) is 25.3 Å². The Morgan fingerprint density at radius 3 is 2.41 bits per heavy atom. The number of nitrogens with zero attached hydrogens (tertiary/aromatic N) is 1. The third-order valence-corrected chi connectivity index (χ3v) is 5.06. The summed E-state index contributed by atoms with van der Waals surface area (Å²) in [4.78, 5) is 39.2. The normalized spacial score (nSPS) is 15.6. The van der Waals surface area contributed by atoms with Crippen LogP contribution in [0.1, 0.15) is 29.6 Å². The summed E-state index contributed by atoms with van der Waals surface area (Å²) in [7, 11) is 3.11. The summed E-state index contributed by atoms with van der Waals surface area (Å²) >= 11 is 0. The summed E-state index contributed by atoms with van der Waals surface area (Å²) in [5, 5.41) is 5.79. The van der Waals surface area contributed by atoms with Crippen molar-refractivity contribution in [3.8, 4) is 0 Å². The van der Waals surface area contributed by atoms with E-state index in [4.69, 9.17) is 9.47 Å². The van der Waals surface area contributed by atoms with Gasteiger partial charge in [-0.25, -0.2) is 0 Å². The molecule has 0 saturated carbocycles. The van der Waals surface area contributed by atoms with Gasteiger partial charge in [0.05, 0.1) is 0 Å². The van der Waals surface area contributed by atoms with Crippen molar-refractivity contribution < 1.29 is 23.9 Å². The van der Waals surface area contributed by atoms with Crippen LogP contribution in [0.4, 0.5) is 0 Å². The molecule has 0 aromatic heterocycles. The standard InChI is InChI=1S/C21H31N3O5/c1-28-14-6-11-22-21(27)19(23-20(26)17-7-4-3-5-8-17)16-9-12-24(13-10-16)18(25)15-29-2/h3-5,7-8,16,19H,6,9-15H2,1-2H3,(H,22,27)(H,23,26)/t19-/m0/s1. The van der Waals surface area contributed by atoms with E-state index in [0.717, 1.165) is 0 Å². The van der Waals surface area contributed by atoms with Crippen LogP contribution in [0.3, 0.4) is 0 Å². The maximum absolute atomic E-state index is 12.8. The largest absolute Gasteiger partial charge is 0.385 e. The Hall–Kier alpha value is -2.45. The molecule has 0 unspecified atom stereocenters. The average Bonchev–Trinajstić information content (AvgIpc) is 2.75. The van der Waals surface area contributed by atoms with Gasteiger partial charge < -0.3 is 25.0 Å². The molecule has 160 valence electrons. The highest BCUT2D eigenvalue weighted by Gasteiger charge is 2.33. The van der Waals surface area contributed by atoms with E-state index in [-0.39, 0.29) is 30.2 Å². The van der Waals surface area contributed by atoms with Crippen LogP contribution in [-0.2, 0) is 19.1 Å². The molecule has 1 aromatic carbocycles. The average molecular weight is 405 g/mol. The zero-order valence-electron chi connectivity index (χ0n) is 17.2. The number of amides is 3. The van der Waals surface area contributed by atoms with Gasteiger partial charge in [0.1, 0.15) is 12.6 Å². The molecule has 1 saturated heterocycles. The first kappa shape index (κ1) is 22.8. The summed E-state index contributed by atoms with van der Waals surface area (Å²) < 4.78 is 9.92. The number of benzene rings is 1. The van der Waals surface area contributed by atoms with Crippen LogP contribution in [0, 0.1) is 5.92 Å². The summed E-state index contributed by atoms with van der Waals surface area (Å²) in [6, 6.07) is 8.20. The Balaban J connectivity index is 2.01. The lowest BCUT2D eigenvalue weighted by Gasteiger charge is -2.35. The van der Waals surface area contributed by atoms with Gasteiger partial charge in [-0.3, -0.25) is 14.4 Å². The smallest absolute Gasteiger partial charge is 0.251 e. The highest BCUT2D eigenvalue weighted by atomic mass is 16.5. The van der Waals surface area contributed by atoms with Gasteiger partial charge in [-0.15, -0.1) is 0 Å². The predicted molar refractivity (Wildman–Crippen MR) is 108 cm³/mol. The molecule has 1 aromatic rings. The number of likely N-dealkylation sites (tertiary alicyclic amines) is 1. The zero-order valence-corrected chi connectivity index (χ0v) is 17.2. The Morgan fingerprint density at radius 2 is 1.79 bits per heavy atom. The molecule has 1 heterocycles. The van der Waals surface area contributed by atoms with E-state index in [1.165, 1.54) is 7.11 Å². The first-order valence-corrected chi connectivity index (χ1v) is 9.96. The lowest BCUT2D eigenvalue weighted by atomic mass is 9.88. The van der Waals surface area contributed by atoms with Crippen LogP contribution >= 0.6 is 0 Å². The van der Waals surface area contributed by atoms with Crippen molar-refractivity contribution in [1.82, 2.24) is 15.5 Å². The number of methoxy groups -OCH3 is 2. The summed E-state index contributed by atoms with van der Waals surface area (Å²) in [5.74, 6) is -0.580. The quantitative estimate of drug-likeness (QED) is 0.562. The van der Waals surface area contributed by atoms with Crippen LogP contribution in [0.2, 0.25) is 0 Å². The molecule has 0 bridgehead atoms. The fourth-order valence-corrected chi connectivity index (χ4v) is 3.45. The molecule has 1 aliphatic rings. The van der Waals surface area contributed by atoms with Crippen molar-refractivity contribution in [1.29, 1.82) is 0 Å². The lowest BCUT2D eigenvalue weighted by molar-refractivity contribution is -0.136. The molecule has 0 radical (unpaired) electrons. The first-order valence-electron chi connectivity index (χ1n) is 9.96. The van der Waals surface area contributed by atoms with Crippen molar-refractivity contribution in [3.63, 3.8) is 0 Å². The lowest BCUT2D eigenvalue weighted by Crippen LogP contribution is -2.54. The SMILES string of the molecule is COCCCNC(=O)[C@@H](NC(=O)c1ccccc1)C1CCN(C(=O)COC)CC1. The molecule has 3 amide bonds. The number of hydrogen-bond donors (Lipinski definition) is 2. The van der Waals surface area contributed by atoms with Gasteiger partial charge in [-0.1, -0.05) is 18.2 Å². The van der Waals surface area contributed by atoms with E-state index in [0.29, 0.717) is 51.1 Å². The highest BCUT2D eigenvalue weighted by Crippen LogP contribution is 2.22. The maximum Gasteiger partial charge on any atom is 0.251 e. The Labute approximate surface area is 171 Å². The number of ether oxygens (including phenoxy) is 2. The van der Waals surface area contributed by atoms with Crippen molar-refractivity contribution in [2.75, 3.05) is 47.1 Å². The molecule has 0 spiro atoms. The molecule has 1 fully saturated rings. The maximum atomic E-state index is 12.8. The molecule has 8 nitrogen and oxygen atoms in total. The summed E-state index contributed by atoms with van der Waals surface area (Å²) in [6.07, 6.45) is 1.98. The zero-order chi connectivity index (χ0) is 21.1. The molecule has 1 aliphatic heterocycles. The highest BCUT2D eigenvalue weighted by molar-refractivity contribution is 5.97. The van der Waals surface area contributed by atoms with E-state index in [1.54, 1.807) is 36.3 Å². The van der Waals surface area contributed by atoms with Crippen LogP contribution in [0.5, 0.6) is 0 Å². The minimum absolute atomic E-state index is 0.0447. The molecule has 29 heavy (non-hydrogen) atoms. The van der Waals surface area contributed by atoms with E-state index in [9.17, 15) is 14.4 Å².